The van der Waals surface area contributed by atoms with Crippen LogP contribution in [0.4, 0.5) is 0 Å². The maximum absolute atomic E-state index is 10.4. The molecule has 2 N–H and O–H groups in total. The standard InChI is InChI=1S/C18H24O2/c1-18-9-8-14-13-5-3-12(19)10-11(13)2-4-15(14)16(18)6-7-17(18)20/h3,5,10,14-17,19-20H,2,4,6-9H2,1H3/t14-,15-,16+,17+,18+/m1/s1/i3D,10D. The van der Waals surface area contributed by atoms with Crippen molar-refractivity contribution in [1.29, 1.82) is 0 Å². The molecular formula is C18H24O2. The van der Waals surface area contributed by atoms with Gasteiger partial charge >= 0.3 is 0 Å². The zero-order valence-electron chi connectivity index (χ0n) is 14.0. The Morgan fingerprint density at radius 1 is 1.30 bits per heavy atom. The molecule has 3 aliphatic carbocycles. The maximum Gasteiger partial charge on any atom is 0.115 e. The van der Waals surface area contributed by atoms with Crippen LogP contribution in [0.5, 0.6) is 5.75 Å². The van der Waals surface area contributed by atoms with E-state index in [2.05, 4.69) is 6.92 Å². The summed E-state index contributed by atoms with van der Waals surface area (Å²) in [6.07, 6.45) is 5.79. The number of benzene rings is 1. The molecule has 1 aromatic rings. The Hall–Kier alpha value is -1.02. The first-order chi connectivity index (χ1) is 10.4. The van der Waals surface area contributed by atoms with E-state index in [9.17, 15) is 10.2 Å². The van der Waals surface area contributed by atoms with Crippen LogP contribution in [0.1, 0.15) is 58.8 Å². The fraction of sp³-hybridized carbons (Fsp3) is 0.667. The first kappa shape index (κ1) is 10.7. The minimum atomic E-state index is -0.172. The topological polar surface area (TPSA) is 40.5 Å². The van der Waals surface area contributed by atoms with E-state index in [-0.39, 0.29) is 29.4 Å². The van der Waals surface area contributed by atoms with E-state index in [0.717, 1.165) is 49.7 Å². The molecule has 5 atom stereocenters. The zero-order chi connectivity index (χ0) is 15.6. The van der Waals surface area contributed by atoms with Crippen LogP contribution in [-0.4, -0.2) is 16.3 Å². The minimum absolute atomic E-state index is 0.0587. The molecule has 4 rings (SSSR count). The molecule has 0 spiro atoms. The van der Waals surface area contributed by atoms with E-state index >= 15 is 0 Å². The smallest absolute Gasteiger partial charge is 0.115 e. The summed E-state index contributed by atoms with van der Waals surface area (Å²) in [5.74, 6) is 1.35. The van der Waals surface area contributed by atoms with Crippen LogP contribution in [0.25, 0.3) is 0 Å². The number of aliphatic hydroxyl groups is 1. The van der Waals surface area contributed by atoms with Crippen molar-refractivity contribution < 1.29 is 13.0 Å². The lowest BCUT2D eigenvalue weighted by atomic mass is 9.55. The number of hydrogen-bond donors (Lipinski definition) is 2. The summed E-state index contributed by atoms with van der Waals surface area (Å²) in [7, 11) is 0. The number of aliphatic hydroxyl groups excluding tert-OH is 1. The second-order valence-electron chi connectivity index (χ2n) is 7.25. The summed E-state index contributed by atoms with van der Waals surface area (Å²) >= 11 is 0. The molecule has 3 aliphatic rings. The van der Waals surface area contributed by atoms with Crippen LogP contribution >= 0.6 is 0 Å². The lowest BCUT2D eigenvalue weighted by Gasteiger charge is -2.50. The molecule has 108 valence electrons. The Labute approximate surface area is 123 Å². The summed E-state index contributed by atoms with van der Waals surface area (Å²) in [5.41, 5.74) is 2.15. The van der Waals surface area contributed by atoms with Crippen LogP contribution in [0.15, 0.2) is 18.2 Å². The quantitative estimate of drug-likeness (QED) is 0.758. The predicted octanol–water partition coefficient (Wildman–Crippen LogP) is 3.61. The van der Waals surface area contributed by atoms with Crippen molar-refractivity contribution in [3.63, 3.8) is 0 Å². The lowest BCUT2D eigenvalue weighted by molar-refractivity contribution is -0.0226. The van der Waals surface area contributed by atoms with Crippen molar-refractivity contribution in [1.82, 2.24) is 0 Å². The highest BCUT2D eigenvalue weighted by Gasteiger charge is 2.54. The highest BCUT2D eigenvalue weighted by atomic mass is 16.3. The molecule has 2 saturated carbocycles. The largest absolute Gasteiger partial charge is 0.508 e. The number of aromatic hydroxyl groups is 1. The zero-order valence-corrected chi connectivity index (χ0v) is 12.0. The van der Waals surface area contributed by atoms with Crippen molar-refractivity contribution in [2.24, 2.45) is 17.3 Å². The van der Waals surface area contributed by atoms with E-state index in [0.29, 0.717) is 17.8 Å². The van der Waals surface area contributed by atoms with Crippen molar-refractivity contribution >= 4 is 0 Å². The molecular weight excluding hydrogens is 248 g/mol. The molecule has 0 aliphatic heterocycles. The van der Waals surface area contributed by atoms with Gasteiger partial charge in [-0.3, -0.25) is 0 Å². The monoisotopic (exact) mass is 274 g/mol. The molecule has 0 saturated heterocycles. The van der Waals surface area contributed by atoms with Crippen LogP contribution in [-0.2, 0) is 6.42 Å². The number of phenols is 1. The van der Waals surface area contributed by atoms with Crippen molar-refractivity contribution in [2.75, 3.05) is 0 Å². The van der Waals surface area contributed by atoms with Crippen LogP contribution in [0.3, 0.4) is 0 Å². The number of fused-ring (bicyclic) bond motifs is 5. The molecule has 2 fully saturated rings. The fourth-order valence-electron chi connectivity index (χ4n) is 5.38. The van der Waals surface area contributed by atoms with E-state index in [1.54, 1.807) is 6.07 Å². The van der Waals surface area contributed by atoms with Gasteiger partial charge in [0.1, 0.15) is 5.75 Å². The van der Waals surface area contributed by atoms with Crippen molar-refractivity contribution in [3.8, 4) is 5.75 Å². The molecule has 0 radical (unpaired) electrons. The summed E-state index contributed by atoms with van der Waals surface area (Å²) in [6, 6.07) is 2.05. The third kappa shape index (κ3) is 1.60. The second-order valence-corrected chi connectivity index (χ2v) is 7.25. The Balaban J connectivity index is 1.76. The van der Waals surface area contributed by atoms with E-state index in [1.165, 1.54) is 0 Å². The summed E-state index contributed by atoms with van der Waals surface area (Å²) in [4.78, 5) is 0. The second kappa shape index (κ2) is 4.24. The van der Waals surface area contributed by atoms with Gasteiger partial charge in [0.2, 0.25) is 0 Å². The number of rotatable bonds is 0. The van der Waals surface area contributed by atoms with Gasteiger partial charge in [0.05, 0.1) is 8.85 Å². The van der Waals surface area contributed by atoms with Gasteiger partial charge in [0.25, 0.3) is 0 Å². The normalized spacial score (nSPS) is 44.1. The average molecular weight is 274 g/mol. The van der Waals surface area contributed by atoms with Gasteiger partial charge in [-0.05, 0) is 84.9 Å². The molecule has 20 heavy (non-hydrogen) atoms. The highest BCUT2D eigenvalue weighted by molar-refractivity contribution is 5.40. The first-order valence-electron chi connectivity index (χ1n) is 8.93. The summed E-state index contributed by atoms with van der Waals surface area (Å²) in [6.45, 7) is 2.25. The maximum atomic E-state index is 10.4. The Bertz CT molecular complexity index is 630. The summed E-state index contributed by atoms with van der Waals surface area (Å²) < 4.78 is 16.0. The predicted molar refractivity (Wildman–Crippen MR) is 78.7 cm³/mol. The van der Waals surface area contributed by atoms with Gasteiger partial charge < -0.3 is 10.2 Å². The van der Waals surface area contributed by atoms with E-state index < -0.39 is 0 Å². The molecule has 0 unspecified atom stereocenters. The molecule has 0 bridgehead atoms. The fourth-order valence-corrected chi connectivity index (χ4v) is 5.38. The minimum Gasteiger partial charge on any atom is -0.508 e. The Morgan fingerprint density at radius 3 is 3.00 bits per heavy atom. The lowest BCUT2D eigenvalue weighted by Crippen LogP contribution is -2.43. The van der Waals surface area contributed by atoms with Crippen LogP contribution < -0.4 is 0 Å². The van der Waals surface area contributed by atoms with Gasteiger partial charge in [-0.2, -0.15) is 0 Å². The van der Waals surface area contributed by atoms with Gasteiger partial charge in [-0.1, -0.05) is 13.0 Å². The van der Waals surface area contributed by atoms with Gasteiger partial charge in [0, 0.05) is 0 Å². The van der Waals surface area contributed by atoms with Crippen LogP contribution in [0.2, 0.25) is 0 Å². The van der Waals surface area contributed by atoms with Crippen molar-refractivity contribution in [3.05, 3.63) is 29.3 Å². The molecule has 0 aromatic heterocycles. The van der Waals surface area contributed by atoms with E-state index in [1.807, 2.05) is 0 Å². The first-order valence-corrected chi connectivity index (χ1v) is 7.93. The number of phenolic OH excluding ortho intramolecular Hbond substituents is 1. The Kier molecular flexibility index (Phi) is 2.26. The molecule has 2 heteroatoms. The average Bonchev–Trinajstić information content (AvgIpc) is 2.80. The summed E-state index contributed by atoms with van der Waals surface area (Å²) in [5, 5.41) is 20.3. The molecule has 1 aromatic carbocycles. The van der Waals surface area contributed by atoms with Gasteiger partial charge in [-0.15, -0.1) is 0 Å². The molecule has 0 amide bonds. The van der Waals surface area contributed by atoms with Gasteiger partial charge in [-0.25, -0.2) is 0 Å². The van der Waals surface area contributed by atoms with Gasteiger partial charge in [0.15, 0.2) is 0 Å². The third-order valence-electron chi connectivity index (χ3n) is 6.50. The molecule has 2 nitrogen and oxygen atoms in total. The highest BCUT2D eigenvalue weighted by Crippen LogP contribution is 2.60. The number of hydrogen-bond acceptors (Lipinski definition) is 2. The van der Waals surface area contributed by atoms with Crippen molar-refractivity contribution in [2.45, 2.75) is 57.5 Å². The third-order valence-corrected chi connectivity index (χ3v) is 6.50. The SMILES string of the molecule is [2H]c1cc2c(c([2H])c1O)CC[C@@H]1[C@@H]2CC[C@]2(C)[C@@H](O)CC[C@@H]12. The van der Waals surface area contributed by atoms with Crippen LogP contribution in [0, 0.1) is 17.3 Å². The molecule has 0 heterocycles. The Morgan fingerprint density at radius 2 is 2.15 bits per heavy atom. The van der Waals surface area contributed by atoms with E-state index in [4.69, 9.17) is 2.74 Å².